The van der Waals surface area contributed by atoms with Crippen LogP contribution in [-0.2, 0) is 0 Å². The van der Waals surface area contributed by atoms with Crippen LogP contribution < -0.4 is 5.73 Å². The van der Waals surface area contributed by atoms with Gasteiger partial charge in [-0.15, -0.1) is 0 Å². The smallest absolute Gasteiger partial charge is 0.0976 e. The van der Waals surface area contributed by atoms with Gasteiger partial charge in [-0.3, -0.25) is 0 Å². The molecule has 0 radical (unpaired) electrons. The van der Waals surface area contributed by atoms with Gasteiger partial charge < -0.3 is 5.73 Å². The minimum absolute atomic E-state index is 0.0747. The molecule has 0 bridgehead atoms. The molecule has 0 unspecified atom stereocenters. The van der Waals surface area contributed by atoms with Crippen molar-refractivity contribution < 1.29 is 0 Å². The lowest BCUT2D eigenvalue weighted by Gasteiger charge is -2.19. The molecule has 2 N–H and O–H groups in total. The van der Waals surface area contributed by atoms with E-state index in [-0.39, 0.29) is 11.5 Å². The van der Waals surface area contributed by atoms with Gasteiger partial charge in [-0.2, -0.15) is 5.26 Å². The molecule has 0 saturated carbocycles. The maximum absolute atomic E-state index is 8.30. The Kier molecular flexibility index (Phi) is 2.00. The number of nitrogens with zero attached hydrogens (tertiary/aromatic N) is 1. The van der Waals surface area contributed by atoms with E-state index in [0.717, 1.165) is 0 Å². The maximum atomic E-state index is 8.30. The molecule has 2 heteroatoms. The molecule has 0 aromatic carbocycles. The fraction of sp³-hybridized carbons (Fsp3) is 0.833. The molecule has 0 aromatic rings. The summed E-state index contributed by atoms with van der Waals surface area (Å²) in [5, 5.41) is 8.30. The molecule has 0 amide bonds. The van der Waals surface area contributed by atoms with Gasteiger partial charge in [0, 0.05) is 0 Å². The quantitative estimate of drug-likeness (QED) is 0.505. The summed E-state index contributed by atoms with van der Waals surface area (Å²) < 4.78 is 0. The molecular weight excluding hydrogens is 100 g/mol. The number of nitriles is 1. The van der Waals surface area contributed by atoms with E-state index in [2.05, 4.69) is 0 Å². The van der Waals surface area contributed by atoms with Gasteiger partial charge in [0.25, 0.3) is 0 Å². The lowest BCUT2D eigenvalue weighted by atomic mass is 9.89. The van der Waals surface area contributed by atoms with Crippen molar-refractivity contribution in [1.29, 1.82) is 5.26 Å². The van der Waals surface area contributed by atoms with Crippen LogP contribution in [0.25, 0.3) is 0 Å². The van der Waals surface area contributed by atoms with Gasteiger partial charge in [0.15, 0.2) is 0 Å². The Hall–Kier alpha value is -0.550. The van der Waals surface area contributed by atoms with Gasteiger partial charge in [-0.1, -0.05) is 20.8 Å². The largest absolute Gasteiger partial charge is 0.315 e. The average Bonchev–Trinajstić information content (AvgIpc) is 1.62. The Labute approximate surface area is 50.3 Å². The summed E-state index contributed by atoms with van der Waals surface area (Å²) in [5.74, 6) is 0. The van der Waals surface area contributed by atoms with Gasteiger partial charge >= 0.3 is 0 Å². The molecule has 0 saturated heterocycles. The molecule has 0 aromatic heterocycles. The van der Waals surface area contributed by atoms with Gasteiger partial charge in [0.1, 0.15) is 0 Å². The first-order valence-corrected chi connectivity index (χ1v) is 2.63. The lowest BCUT2D eigenvalue weighted by molar-refractivity contribution is 0.372. The topological polar surface area (TPSA) is 49.8 Å². The molecule has 8 heavy (non-hydrogen) atoms. The molecule has 0 aliphatic heterocycles. The minimum atomic E-state index is -0.345. The molecule has 0 heterocycles. The Morgan fingerprint density at radius 2 is 1.88 bits per heavy atom. The molecule has 46 valence electrons. The number of rotatable bonds is 0. The summed E-state index contributed by atoms with van der Waals surface area (Å²) in [6.45, 7) is 5.84. The molecular formula is C6H12N2. The van der Waals surface area contributed by atoms with Crippen molar-refractivity contribution in [3.05, 3.63) is 0 Å². The fourth-order valence-corrected chi connectivity index (χ4v) is 0.194. The summed E-state index contributed by atoms with van der Waals surface area (Å²) in [5.41, 5.74) is 5.31. The highest BCUT2D eigenvalue weighted by atomic mass is 14.7. The summed E-state index contributed by atoms with van der Waals surface area (Å²) in [4.78, 5) is 0. The van der Waals surface area contributed by atoms with Crippen LogP contribution in [0.1, 0.15) is 20.8 Å². The molecule has 0 spiro atoms. The zero-order chi connectivity index (χ0) is 6.78. The highest BCUT2D eigenvalue weighted by Gasteiger charge is 2.18. The van der Waals surface area contributed by atoms with E-state index in [1.54, 1.807) is 0 Å². The van der Waals surface area contributed by atoms with Crippen LogP contribution >= 0.6 is 0 Å². The lowest BCUT2D eigenvalue weighted by Crippen LogP contribution is -2.33. The molecule has 0 rings (SSSR count). The Morgan fingerprint density at radius 3 is 1.88 bits per heavy atom. The van der Waals surface area contributed by atoms with Crippen LogP contribution in [0.2, 0.25) is 0 Å². The highest BCUT2D eigenvalue weighted by molar-refractivity contribution is 4.94. The zero-order valence-corrected chi connectivity index (χ0v) is 5.60. The van der Waals surface area contributed by atoms with E-state index in [0.29, 0.717) is 0 Å². The minimum Gasteiger partial charge on any atom is -0.315 e. The summed E-state index contributed by atoms with van der Waals surface area (Å²) in [6, 6.07) is 1.64. The van der Waals surface area contributed by atoms with Crippen LogP contribution in [-0.4, -0.2) is 6.04 Å². The highest BCUT2D eigenvalue weighted by Crippen LogP contribution is 2.15. The van der Waals surface area contributed by atoms with E-state index in [9.17, 15) is 0 Å². The average molecular weight is 112 g/mol. The predicted octanol–water partition coefficient (Wildman–Crippen LogP) is 0.883. The summed E-state index contributed by atoms with van der Waals surface area (Å²) in [7, 11) is 0. The Balaban J connectivity index is 3.87. The van der Waals surface area contributed by atoms with Crippen LogP contribution in [0.5, 0.6) is 0 Å². The first-order chi connectivity index (χ1) is 3.48. The summed E-state index contributed by atoms with van der Waals surface area (Å²) in [6.07, 6.45) is 0. The summed E-state index contributed by atoms with van der Waals surface area (Å²) >= 11 is 0. The molecule has 0 aliphatic rings. The van der Waals surface area contributed by atoms with Crippen molar-refractivity contribution in [2.24, 2.45) is 11.1 Å². The van der Waals surface area contributed by atoms with E-state index in [1.165, 1.54) is 0 Å². The second-order valence-corrected chi connectivity index (χ2v) is 2.97. The van der Waals surface area contributed by atoms with E-state index in [1.807, 2.05) is 26.8 Å². The third kappa shape index (κ3) is 1.94. The monoisotopic (exact) mass is 112 g/mol. The van der Waals surface area contributed by atoms with Crippen LogP contribution in [0.15, 0.2) is 0 Å². The maximum Gasteiger partial charge on any atom is 0.0976 e. The van der Waals surface area contributed by atoms with Crippen molar-refractivity contribution in [1.82, 2.24) is 0 Å². The number of hydrogen-bond donors (Lipinski definition) is 1. The van der Waals surface area contributed by atoms with Crippen molar-refractivity contribution in [2.45, 2.75) is 26.8 Å². The first-order valence-electron chi connectivity index (χ1n) is 2.63. The van der Waals surface area contributed by atoms with Crippen molar-refractivity contribution in [3.8, 4) is 6.07 Å². The third-order valence-corrected chi connectivity index (χ3v) is 1.07. The predicted molar refractivity (Wildman–Crippen MR) is 33.0 cm³/mol. The van der Waals surface area contributed by atoms with Crippen LogP contribution in [0.4, 0.5) is 0 Å². The zero-order valence-electron chi connectivity index (χ0n) is 5.60. The van der Waals surface area contributed by atoms with Gasteiger partial charge in [-0.05, 0) is 5.41 Å². The SMILES string of the molecule is CC(C)(C)[C@@H](N)C#N. The molecule has 0 fully saturated rings. The number of nitrogens with two attached hydrogens (primary N) is 1. The third-order valence-electron chi connectivity index (χ3n) is 1.07. The van der Waals surface area contributed by atoms with Crippen LogP contribution in [0.3, 0.4) is 0 Å². The standard InChI is InChI=1S/C6H12N2/c1-6(2,3)5(8)4-7/h5H,8H2,1-3H3/t5-/m0/s1. The van der Waals surface area contributed by atoms with Crippen molar-refractivity contribution >= 4 is 0 Å². The van der Waals surface area contributed by atoms with Crippen LogP contribution in [0, 0.1) is 16.7 Å². The molecule has 2 nitrogen and oxygen atoms in total. The van der Waals surface area contributed by atoms with Gasteiger partial charge in [0.05, 0.1) is 12.1 Å². The van der Waals surface area contributed by atoms with Crippen molar-refractivity contribution in [3.63, 3.8) is 0 Å². The Bertz CT molecular complexity index is 105. The first kappa shape index (κ1) is 7.45. The normalized spacial score (nSPS) is 14.9. The van der Waals surface area contributed by atoms with E-state index < -0.39 is 0 Å². The number of hydrogen-bond acceptors (Lipinski definition) is 2. The fourth-order valence-electron chi connectivity index (χ4n) is 0.194. The van der Waals surface area contributed by atoms with Crippen molar-refractivity contribution in [2.75, 3.05) is 0 Å². The second kappa shape index (κ2) is 2.15. The van der Waals surface area contributed by atoms with Gasteiger partial charge in [-0.25, -0.2) is 0 Å². The Morgan fingerprint density at radius 1 is 1.50 bits per heavy atom. The van der Waals surface area contributed by atoms with Gasteiger partial charge in [0.2, 0.25) is 0 Å². The molecule has 1 atom stereocenters. The van der Waals surface area contributed by atoms with E-state index in [4.69, 9.17) is 11.0 Å². The van der Waals surface area contributed by atoms with E-state index >= 15 is 0 Å². The molecule has 0 aliphatic carbocycles. The second-order valence-electron chi connectivity index (χ2n) is 2.97.